The number of hydrogen-bond acceptors (Lipinski definition) is 5. The summed E-state index contributed by atoms with van der Waals surface area (Å²) in [6, 6.07) is 16.2. The number of carbonyl (C=O) groups excluding carboxylic acids is 1. The number of sulfonamides is 1. The second-order valence-corrected chi connectivity index (χ2v) is 9.55. The minimum absolute atomic E-state index is 0.139. The van der Waals surface area contributed by atoms with Crippen LogP contribution in [0.15, 0.2) is 59.5 Å². The Morgan fingerprint density at radius 1 is 1.03 bits per heavy atom. The molecule has 0 saturated carbocycles. The summed E-state index contributed by atoms with van der Waals surface area (Å²) in [5, 5.41) is 4.61. The maximum Gasteiger partial charge on any atom is 0.265 e. The third-order valence-electron chi connectivity index (χ3n) is 5.73. The first-order valence-electron chi connectivity index (χ1n) is 10.4. The van der Waals surface area contributed by atoms with Crippen LogP contribution in [0, 0.1) is 0 Å². The maximum absolute atomic E-state index is 13.0. The minimum Gasteiger partial charge on any atom is -0.493 e. The molecular formula is C24H26N2O5S. The summed E-state index contributed by atoms with van der Waals surface area (Å²) in [6.07, 6.45) is 0.629. The van der Waals surface area contributed by atoms with Crippen molar-refractivity contribution in [1.82, 2.24) is 5.32 Å². The van der Waals surface area contributed by atoms with Crippen LogP contribution in [0.4, 0.5) is 5.69 Å². The van der Waals surface area contributed by atoms with Gasteiger partial charge < -0.3 is 14.8 Å². The van der Waals surface area contributed by atoms with Crippen molar-refractivity contribution in [3.63, 3.8) is 0 Å². The van der Waals surface area contributed by atoms with E-state index in [1.165, 1.54) is 4.31 Å². The number of benzene rings is 3. The van der Waals surface area contributed by atoms with Crippen molar-refractivity contribution < 1.29 is 22.7 Å². The Morgan fingerprint density at radius 3 is 2.47 bits per heavy atom. The van der Waals surface area contributed by atoms with Gasteiger partial charge in [0.25, 0.3) is 10.0 Å². The van der Waals surface area contributed by atoms with Crippen LogP contribution >= 0.6 is 0 Å². The van der Waals surface area contributed by atoms with Crippen molar-refractivity contribution in [3.05, 3.63) is 60.2 Å². The van der Waals surface area contributed by atoms with Crippen LogP contribution in [0.1, 0.15) is 31.4 Å². The van der Waals surface area contributed by atoms with Gasteiger partial charge in [0.05, 0.1) is 30.8 Å². The highest BCUT2D eigenvalue weighted by atomic mass is 32.2. The standard InChI is InChI=1S/C24H26N2O5S/c1-16(18-12-13-20(30-2)21(15-18)31-3)25-23(27)11-6-14-26-19-9-4-7-17-8-5-10-22(24(17)19)32(26,28)29/h4-5,7-10,12-13,15-16H,6,11,14H2,1-3H3,(H,25,27)/t16-/m1/s1. The molecule has 168 valence electrons. The number of nitrogens with zero attached hydrogens (tertiary/aromatic N) is 1. The molecule has 1 N–H and O–H groups in total. The van der Waals surface area contributed by atoms with Gasteiger partial charge in [-0.25, -0.2) is 8.42 Å². The Kier molecular flexibility index (Phi) is 5.97. The van der Waals surface area contributed by atoms with Gasteiger partial charge in [-0.2, -0.15) is 0 Å². The molecule has 0 spiro atoms. The lowest BCUT2D eigenvalue weighted by atomic mass is 10.1. The molecule has 0 radical (unpaired) electrons. The first kappa shape index (κ1) is 22.0. The summed E-state index contributed by atoms with van der Waals surface area (Å²) >= 11 is 0. The smallest absolute Gasteiger partial charge is 0.265 e. The summed E-state index contributed by atoms with van der Waals surface area (Å²) < 4.78 is 38.0. The molecule has 0 unspecified atom stereocenters. The Labute approximate surface area is 188 Å². The zero-order valence-corrected chi connectivity index (χ0v) is 19.1. The molecule has 3 aromatic rings. The van der Waals surface area contributed by atoms with Gasteiger partial charge in [0.15, 0.2) is 11.5 Å². The summed E-state index contributed by atoms with van der Waals surface area (Å²) in [7, 11) is -0.464. The monoisotopic (exact) mass is 454 g/mol. The molecule has 4 rings (SSSR count). The molecule has 8 heteroatoms. The van der Waals surface area contributed by atoms with Crippen LogP contribution in [0.2, 0.25) is 0 Å². The normalized spacial score (nSPS) is 14.9. The summed E-state index contributed by atoms with van der Waals surface area (Å²) in [4.78, 5) is 12.8. The van der Waals surface area contributed by atoms with Crippen molar-refractivity contribution in [2.75, 3.05) is 25.1 Å². The largest absolute Gasteiger partial charge is 0.493 e. The zero-order valence-electron chi connectivity index (χ0n) is 18.3. The SMILES string of the molecule is COc1ccc([C@@H](C)NC(=O)CCCN2c3cccc4cccc(c34)S2(=O)=O)cc1OC. The predicted octanol–water partition coefficient (Wildman–Crippen LogP) is 4.02. The van der Waals surface area contributed by atoms with E-state index in [2.05, 4.69) is 5.32 Å². The van der Waals surface area contributed by atoms with E-state index in [9.17, 15) is 13.2 Å². The third kappa shape index (κ3) is 3.86. The number of amides is 1. The van der Waals surface area contributed by atoms with Gasteiger partial charge in [-0.1, -0.05) is 30.3 Å². The molecule has 1 heterocycles. The molecule has 0 saturated heterocycles. The van der Waals surface area contributed by atoms with Crippen molar-refractivity contribution in [2.24, 2.45) is 0 Å². The Morgan fingerprint density at radius 2 is 1.75 bits per heavy atom. The van der Waals surface area contributed by atoms with E-state index in [-0.39, 0.29) is 24.9 Å². The van der Waals surface area contributed by atoms with Gasteiger partial charge >= 0.3 is 0 Å². The van der Waals surface area contributed by atoms with E-state index < -0.39 is 10.0 Å². The average Bonchev–Trinajstić information content (AvgIpc) is 3.01. The molecule has 1 atom stereocenters. The van der Waals surface area contributed by atoms with E-state index >= 15 is 0 Å². The van der Waals surface area contributed by atoms with Crippen LogP contribution in [0.25, 0.3) is 10.8 Å². The van der Waals surface area contributed by atoms with Crippen molar-refractivity contribution >= 4 is 32.4 Å². The van der Waals surface area contributed by atoms with Crippen molar-refractivity contribution in [2.45, 2.75) is 30.7 Å². The van der Waals surface area contributed by atoms with Gasteiger partial charge in [0.1, 0.15) is 0 Å². The fourth-order valence-corrected chi connectivity index (χ4v) is 5.85. The van der Waals surface area contributed by atoms with Gasteiger partial charge in [0, 0.05) is 18.4 Å². The second-order valence-electron chi connectivity index (χ2n) is 7.72. The first-order chi connectivity index (χ1) is 15.4. The number of rotatable bonds is 8. The molecule has 7 nitrogen and oxygen atoms in total. The zero-order chi connectivity index (χ0) is 22.9. The fourth-order valence-electron chi connectivity index (χ4n) is 4.10. The maximum atomic E-state index is 13.0. The van der Waals surface area contributed by atoms with Crippen LogP contribution in [-0.4, -0.2) is 35.1 Å². The highest BCUT2D eigenvalue weighted by molar-refractivity contribution is 7.93. The van der Waals surface area contributed by atoms with E-state index in [0.29, 0.717) is 28.5 Å². The predicted molar refractivity (Wildman–Crippen MR) is 124 cm³/mol. The highest BCUT2D eigenvalue weighted by Gasteiger charge is 2.35. The Hall–Kier alpha value is -3.26. The van der Waals surface area contributed by atoms with Gasteiger partial charge in [-0.05, 0) is 48.6 Å². The van der Waals surface area contributed by atoms with Crippen LogP contribution < -0.4 is 19.1 Å². The number of carbonyl (C=O) groups is 1. The highest BCUT2D eigenvalue weighted by Crippen LogP contribution is 2.42. The van der Waals surface area contributed by atoms with Crippen LogP contribution in [-0.2, 0) is 14.8 Å². The van der Waals surface area contributed by atoms with E-state index in [1.807, 2.05) is 43.3 Å². The molecule has 1 amide bonds. The molecule has 3 aromatic carbocycles. The van der Waals surface area contributed by atoms with E-state index in [0.717, 1.165) is 16.3 Å². The number of nitrogens with one attached hydrogen (secondary N) is 1. The molecular weight excluding hydrogens is 428 g/mol. The lowest BCUT2D eigenvalue weighted by Crippen LogP contribution is -2.30. The topological polar surface area (TPSA) is 84.9 Å². The molecule has 1 aliphatic heterocycles. The number of anilines is 1. The summed E-state index contributed by atoms with van der Waals surface area (Å²) in [6.45, 7) is 2.13. The van der Waals surface area contributed by atoms with Gasteiger partial charge in [0.2, 0.25) is 5.91 Å². The molecule has 32 heavy (non-hydrogen) atoms. The van der Waals surface area contributed by atoms with E-state index in [4.69, 9.17) is 9.47 Å². The summed E-state index contributed by atoms with van der Waals surface area (Å²) in [5.41, 5.74) is 1.57. The molecule has 0 aliphatic carbocycles. The molecule has 0 fully saturated rings. The second kappa shape index (κ2) is 8.70. The Bertz CT molecular complexity index is 1270. The van der Waals surface area contributed by atoms with Gasteiger partial charge in [-0.15, -0.1) is 0 Å². The number of hydrogen-bond donors (Lipinski definition) is 1. The molecule has 0 bridgehead atoms. The fraction of sp³-hybridized carbons (Fsp3) is 0.292. The van der Waals surface area contributed by atoms with Crippen molar-refractivity contribution in [3.8, 4) is 11.5 Å². The Balaban J connectivity index is 1.39. The minimum atomic E-state index is -3.60. The van der Waals surface area contributed by atoms with Crippen LogP contribution in [0.3, 0.4) is 0 Å². The molecule has 0 aromatic heterocycles. The average molecular weight is 455 g/mol. The lowest BCUT2D eigenvalue weighted by molar-refractivity contribution is -0.121. The lowest BCUT2D eigenvalue weighted by Gasteiger charge is -2.19. The van der Waals surface area contributed by atoms with Crippen molar-refractivity contribution in [1.29, 1.82) is 0 Å². The first-order valence-corrected chi connectivity index (χ1v) is 11.9. The third-order valence-corrected chi connectivity index (χ3v) is 7.59. The molecule has 1 aliphatic rings. The number of methoxy groups -OCH3 is 2. The summed E-state index contributed by atoms with van der Waals surface area (Å²) in [5.74, 6) is 1.08. The quantitative estimate of drug-likeness (QED) is 0.556. The van der Waals surface area contributed by atoms with E-state index in [1.54, 1.807) is 32.4 Å². The van der Waals surface area contributed by atoms with Crippen LogP contribution in [0.5, 0.6) is 11.5 Å². The number of ether oxygens (including phenoxy) is 2. The van der Waals surface area contributed by atoms with Gasteiger partial charge in [-0.3, -0.25) is 9.10 Å².